The molecule has 1 aliphatic rings. The molecule has 0 saturated carbocycles. The minimum absolute atomic E-state index is 0.0666. The minimum Gasteiger partial charge on any atom is -0.463 e. The molecule has 5 rings (SSSR count). The van der Waals surface area contributed by atoms with E-state index >= 15 is 0 Å². The third kappa shape index (κ3) is 4.47. The molecular weight excluding hydrogens is 514 g/mol. The van der Waals surface area contributed by atoms with Crippen molar-refractivity contribution in [2.24, 2.45) is 4.99 Å². The van der Waals surface area contributed by atoms with Crippen LogP contribution in [-0.4, -0.2) is 22.1 Å². The van der Waals surface area contributed by atoms with Crippen molar-refractivity contribution in [2.45, 2.75) is 26.8 Å². The second-order valence-electron chi connectivity index (χ2n) is 8.28. The van der Waals surface area contributed by atoms with Gasteiger partial charge in [-0.2, -0.15) is 0 Å². The van der Waals surface area contributed by atoms with Crippen LogP contribution in [0.2, 0.25) is 0 Å². The van der Waals surface area contributed by atoms with Gasteiger partial charge in [0.15, 0.2) is 4.80 Å². The van der Waals surface area contributed by atoms with Crippen molar-refractivity contribution >= 4 is 40.4 Å². The van der Waals surface area contributed by atoms with E-state index in [0.29, 0.717) is 32.1 Å². The number of nitrogens with zero attached hydrogens (tertiary/aromatic N) is 3. The molecular formula is C26H21N3O6S2. The summed E-state index contributed by atoms with van der Waals surface area (Å²) in [6.07, 6.45) is 1.80. The number of thiophene rings is 1. The van der Waals surface area contributed by atoms with Crippen molar-refractivity contribution in [1.29, 1.82) is 0 Å². The summed E-state index contributed by atoms with van der Waals surface area (Å²) < 4.78 is 13.4. The van der Waals surface area contributed by atoms with Crippen molar-refractivity contribution < 1.29 is 18.9 Å². The SMILES string of the molecule is CCOC(=O)C1=C(C)N=c2s/c(=C\c3cccs3)c(=O)n2[C@H]1c1ccc(-c2cc([N+](=O)[O-])ccc2C)o1. The van der Waals surface area contributed by atoms with Crippen molar-refractivity contribution in [3.63, 3.8) is 0 Å². The van der Waals surface area contributed by atoms with Crippen LogP contribution in [0.15, 0.2) is 73.3 Å². The smallest absolute Gasteiger partial charge is 0.338 e. The molecule has 0 N–H and O–H groups in total. The number of carbonyl (C=O) groups excluding carboxylic acids is 1. The summed E-state index contributed by atoms with van der Waals surface area (Å²) in [7, 11) is 0. The normalized spacial score (nSPS) is 15.4. The van der Waals surface area contributed by atoms with Crippen LogP contribution in [0.5, 0.6) is 0 Å². The zero-order chi connectivity index (χ0) is 26.3. The number of hydrogen-bond donors (Lipinski definition) is 0. The summed E-state index contributed by atoms with van der Waals surface area (Å²) in [6.45, 7) is 5.38. The number of ether oxygens (including phenoxy) is 1. The first-order valence-electron chi connectivity index (χ1n) is 11.4. The second kappa shape index (κ2) is 9.75. The highest BCUT2D eigenvalue weighted by Gasteiger charge is 2.35. The summed E-state index contributed by atoms with van der Waals surface area (Å²) in [5.41, 5.74) is 1.59. The molecule has 37 heavy (non-hydrogen) atoms. The summed E-state index contributed by atoms with van der Waals surface area (Å²) in [5.74, 6) is 0.113. The standard InChI is InChI=1S/C26H21N3O6S2/c1-4-34-25(31)22-15(3)27-26-28(24(30)21(37-26)13-17-6-5-11-36-17)23(22)20-10-9-19(35-20)18-12-16(29(32)33)8-7-14(18)2/h5-13,23H,4H2,1-3H3/b21-13-/t23-/m0/s1. The molecule has 0 fully saturated rings. The summed E-state index contributed by atoms with van der Waals surface area (Å²) in [4.78, 5) is 43.4. The molecule has 0 unspecified atom stereocenters. The van der Waals surface area contributed by atoms with Crippen LogP contribution in [-0.2, 0) is 9.53 Å². The number of hydrogen-bond acceptors (Lipinski definition) is 9. The van der Waals surface area contributed by atoms with E-state index in [-0.39, 0.29) is 23.4 Å². The maximum absolute atomic E-state index is 13.6. The molecule has 3 aromatic heterocycles. The number of allylic oxidation sites excluding steroid dienone is 1. The molecule has 0 saturated heterocycles. The number of aromatic nitrogens is 1. The zero-order valence-corrected chi connectivity index (χ0v) is 21.7. The number of benzene rings is 1. The fraction of sp³-hybridized carbons (Fsp3) is 0.192. The Balaban J connectivity index is 1.70. The molecule has 0 bridgehead atoms. The maximum atomic E-state index is 13.6. The Hall–Kier alpha value is -4.09. The lowest BCUT2D eigenvalue weighted by Gasteiger charge is -2.22. The Morgan fingerprint density at radius 1 is 1.27 bits per heavy atom. The van der Waals surface area contributed by atoms with Crippen LogP contribution in [0.25, 0.3) is 17.4 Å². The second-order valence-corrected chi connectivity index (χ2v) is 10.3. The Labute approximate surface area is 218 Å². The summed E-state index contributed by atoms with van der Waals surface area (Å²) in [6, 6.07) is 10.8. The molecule has 0 aliphatic carbocycles. The van der Waals surface area contributed by atoms with E-state index in [0.717, 1.165) is 10.4 Å². The first-order valence-corrected chi connectivity index (χ1v) is 13.1. The van der Waals surface area contributed by atoms with Gasteiger partial charge in [0.1, 0.15) is 17.6 Å². The third-order valence-electron chi connectivity index (χ3n) is 5.93. The summed E-state index contributed by atoms with van der Waals surface area (Å²) in [5, 5.41) is 13.2. The monoisotopic (exact) mass is 535 g/mol. The van der Waals surface area contributed by atoms with Crippen LogP contribution in [0, 0.1) is 17.0 Å². The molecule has 9 nitrogen and oxygen atoms in total. The number of thiazole rings is 1. The first kappa shape index (κ1) is 24.6. The van der Waals surface area contributed by atoms with Crippen molar-refractivity contribution in [1.82, 2.24) is 4.57 Å². The van der Waals surface area contributed by atoms with Crippen LogP contribution >= 0.6 is 22.7 Å². The number of fused-ring (bicyclic) bond motifs is 1. The van der Waals surface area contributed by atoms with Gasteiger partial charge in [-0.05, 0) is 56.0 Å². The number of carbonyl (C=O) groups is 1. The average molecular weight is 536 g/mol. The number of non-ortho nitro benzene ring substituents is 1. The van der Waals surface area contributed by atoms with Crippen LogP contribution < -0.4 is 14.9 Å². The fourth-order valence-corrected chi connectivity index (χ4v) is 5.97. The van der Waals surface area contributed by atoms with E-state index in [1.54, 1.807) is 38.1 Å². The molecule has 4 heterocycles. The van der Waals surface area contributed by atoms with E-state index in [9.17, 15) is 19.7 Å². The highest BCUT2D eigenvalue weighted by Crippen LogP contribution is 2.36. The largest absolute Gasteiger partial charge is 0.463 e. The lowest BCUT2D eigenvalue weighted by atomic mass is 10.0. The molecule has 1 atom stereocenters. The maximum Gasteiger partial charge on any atom is 0.338 e. The van der Waals surface area contributed by atoms with Gasteiger partial charge in [0.2, 0.25) is 0 Å². The number of aryl methyl sites for hydroxylation is 1. The lowest BCUT2D eigenvalue weighted by molar-refractivity contribution is -0.384. The van der Waals surface area contributed by atoms with Gasteiger partial charge >= 0.3 is 5.97 Å². The van der Waals surface area contributed by atoms with E-state index in [2.05, 4.69) is 4.99 Å². The molecule has 0 radical (unpaired) electrons. The number of nitro groups is 1. The molecule has 1 aromatic carbocycles. The Morgan fingerprint density at radius 2 is 2.08 bits per heavy atom. The highest BCUT2D eigenvalue weighted by atomic mass is 32.1. The van der Waals surface area contributed by atoms with E-state index in [4.69, 9.17) is 9.15 Å². The first-order chi connectivity index (χ1) is 17.8. The minimum atomic E-state index is -0.909. The zero-order valence-electron chi connectivity index (χ0n) is 20.1. The van der Waals surface area contributed by atoms with E-state index < -0.39 is 16.9 Å². The molecule has 0 spiro atoms. The van der Waals surface area contributed by atoms with E-state index in [1.165, 1.54) is 39.4 Å². The molecule has 1 aliphatic heterocycles. The summed E-state index contributed by atoms with van der Waals surface area (Å²) >= 11 is 2.74. The fourth-order valence-electron chi connectivity index (χ4n) is 4.20. The van der Waals surface area contributed by atoms with Gasteiger partial charge in [-0.25, -0.2) is 9.79 Å². The van der Waals surface area contributed by atoms with Gasteiger partial charge < -0.3 is 9.15 Å². The van der Waals surface area contributed by atoms with Crippen molar-refractivity contribution in [3.05, 3.63) is 105 Å². The molecule has 11 heteroatoms. The van der Waals surface area contributed by atoms with Crippen LogP contribution in [0.1, 0.15) is 36.1 Å². The van der Waals surface area contributed by atoms with Gasteiger partial charge in [0.25, 0.3) is 11.2 Å². The predicted molar refractivity (Wildman–Crippen MR) is 140 cm³/mol. The van der Waals surface area contributed by atoms with Gasteiger partial charge in [-0.3, -0.25) is 19.5 Å². The van der Waals surface area contributed by atoms with Gasteiger partial charge in [-0.15, -0.1) is 11.3 Å². The Kier molecular flexibility index (Phi) is 6.48. The molecule has 4 aromatic rings. The topological polar surface area (TPSA) is 117 Å². The Morgan fingerprint density at radius 3 is 2.78 bits per heavy atom. The van der Waals surface area contributed by atoms with Gasteiger partial charge in [0.05, 0.1) is 27.3 Å². The predicted octanol–water partition coefficient (Wildman–Crippen LogP) is 4.34. The number of nitro benzene ring substituents is 1. The number of rotatable bonds is 6. The lowest BCUT2D eigenvalue weighted by Crippen LogP contribution is -2.39. The highest BCUT2D eigenvalue weighted by molar-refractivity contribution is 7.11. The van der Waals surface area contributed by atoms with E-state index in [1.807, 2.05) is 24.4 Å². The molecule has 0 amide bonds. The Bertz CT molecular complexity index is 1740. The van der Waals surface area contributed by atoms with Crippen molar-refractivity contribution in [3.8, 4) is 11.3 Å². The number of furan rings is 1. The molecule has 188 valence electrons. The van der Waals surface area contributed by atoms with Gasteiger partial charge in [0, 0.05) is 22.6 Å². The quantitative estimate of drug-likeness (QED) is 0.206. The average Bonchev–Trinajstić information content (AvgIpc) is 3.60. The van der Waals surface area contributed by atoms with Crippen LogP contribution in [0.3, 0.4) is 0 Å². The third-order valence-corrected chi connectivity index (χ3v) is 7.73. The number of esters is 1. The van der Waals surface area contributed by atoms with Crippen LogP contribution in [0.4, 0.5) is 5.69 Å². The van der Waals surface area contributed by atoms with Gasteiger partial charge in [-0.1, -0.05) is 23.5 Å². The van der Waals surface area contributed by atoms with Crippen molar-refractivity contribution in [2.75, 3.05) is 6.61 Å².